The van der Waals surface area contributed by atoms with E-state index in [4.69, 9.17) is 0 Å². The van der Waals surface area contributed by atoms with E-state index in [1.54, 1.807) is 13.3 Å². The van der Waals surface area contributed by atoms with Crippen molar-refractivity contribution in [3.8, 4) is 0 Å². The lowest BCUT2D eigenvalue weighted by Crippen LogP contribution is -2.36. The van der Waals surface area contributed by atoms with Crippen molar-refractivity contribution in [1.29, 1.82) is 0 Å². The van der Waals surface area contributed by atoms with Gasteiger partial charge in [-0.25, -0.2) is 0 Å². The summed E-state index contributed by atoms with van der Waals surface area (Å²) in [5.74, 6) is 0. The van der Waals surface area contributed by atoms with Crippen LogP contribution in [-0.4, -0.2) is 37.4 Å². The van der Waals surface area contributed by atoms with E-state index >= 15 is 0 Å². The van der Waals surface area contributed by atoms with Gasteiger partial charge in [-0.15, -0.1) is 0 Å². The summed E-state index contributed by atoms with van der Waals surface area (Å²) in [6.07, 6.45) is 5.14. The summed E-state index contributed by atoms with van der Waals surface area (Å²) in [4.78, 5) is 7.08. The van der Waals surface area contributed by atoms with Crippen LogP contribution in [0.25, 0.3) is 0 Å². The molecular weight excluding hydrogens is 164 g/mol. The average Bonchev–Trinajstić information content (AvgIpc) is 2.15. The van der Waals surface area contributed by atoms with E-state index in [-0.39, 0.29) is 0 Å². The zero-order valence-corrected chi connectivity index (χ0v) is 8.66. The molecule has 0 radical (unpaired) electrons. The van der Waals surface area contributed by atoms with Crippen LogP contribution in [-0.2, 0) is 4.84 Å². The highest BCUT2D eigenvalue weighted by molar-refractivity contribution is 5.78. The van der Waals surface area contributed by atoms with Crippen LogP contribution in [0.2, 0.25) is 0 Å². The Morgan fingerprint density at radius 2 is 2.38 bits per heavy atom. The molecule has 0 N–H and O–H groups in total. The molecule has 0 unspecified atom stereocenters. The molecule has 3 nitrogen and oxygen atoms in total. The van der Waals surface area contributed by atoms with Gasteiger partial charge in [0.25, 0.3) is 0 Å². The van der Waals surface area contributed by atoms with Gasteiger partial charge in [-0.1, -0.05) is 11.2 Å². The Balaban J connectivity index is 2.49. The molecule has 0 fully saturated rings. The molecule has 1 aliphatic rings. The van der Waals surface area contributed by atoms with Crippen LogP contribution in [0.15, 0.2) is 16.8 Å². The zero-order valence-electron chi connectivity index (χ0n) is 8.66. The standard InChI is InChI=1S/C10H18N2O/c1-9(2)12-6-4-5-10(8-12)7-11-13-3/h5,7,9H,4,6,8H2,1-3H3/b11-7+. The van der Waals surface area contributed by atoms with Gasteiger partial charge in [-0.05, 0) is 25.8 Å². The second-order valence-corrected chi connectivity index (χ2v) is 3.55. The summed E-state index contributed by atoms with van der Waals surface area (Å²) in [7, 11) is 1.57. The smallest absolute Gasteiger partial charge is 0.106 e. The lowest BCUT2D eigenvalue weighted by atomic mass is 10.1. The minimum Gasteiger partial charge on any atom is -0.399 e. The van der Waals surface area contributed by atoms with Gasteiger partial charge >= 0.3 is 0 Å². The van der Waals surface area contributed by atoms with Gasteiger partial charge in [0, 0.05) is 19.1 Å². The van der Waals surface area contributed by atoms with Crippen LogP contribution < -0.4 is 0 Å². The van der Waals surface area contributed by atoms with Crippen molar-refractivity contribution in [1.82, 2.24) is 4.90 Å². The lowest BCUT2D eigenvalue weighted by molar-refractivity contribution is 0.213. The van der Waals surface area contributed by atoms with Crippen molar-refractivity contribution in [3.63, 3.8) is 0 Å². The molecule has 1 heterocycles. The first-order valence-electron chi connectivity index (χ1n) is 4.73. The van der Waals surface area contributed by atoms with Crippen molar-refractivity contribution in [2.45, 2.75) is 26.3 Å². The molecule has 0 saturated carbocycles. The second-order valence-electron chi connectivity index (χ2n) is 3.55. The molecule has 0 saturated heterocycles. The molecule has 0 aromatic carbocycles. The Kier molecular flexibility index (Phi) is 3.96. The molecule has 1 rings (SSSR count). The maximum atomic E-state index is 4.65. The third-order valence-corrected chi connectivity index (χ3v) is 2.26. The molecule has 0 bridgehead atoms. The third kappa shape index (κ3) is 3.19. The fraction of sp³-hybridized carbons (Fsp3) is 0.700. The first-order valence-corrected chi connectivity index (χ1v) is 4.73. The molecule has 13 heavy (non-hydrogen) atoms. The molecule has 74 valence electrons. The molecule has 1 aliphatic heterocycles. The zero-order chi connectivity index (χ0) is 9.68. The molecule has 0 spiro atoms. The number of oxime groups is 1. The van der Waals surface area contributed by atoms with Crippen molar-refractivity contribution < 1.29 is 4.84 Å². The fourth-order valence-electron chi connectivity index (χ4n) is 1.45. The van der Waals surface area contributed by atoms with E-state index in [9.17, 15) is 0 Å². The predicted molar refractivity (Wildman–Crippen MR) is 54.9 cm³/mol. The van der Waals surface area contributed by atoms with Crippen LogP contribution >= 0.6 is 0 Å². The first-order chi connectivity index (χ1) is 6.24. The van der Waals surface area contributed by atoms with E-state index in [1.165, 1.54) is 5.57 Å². The minimum atomic E-state index is 0.611. The maximum absolute atomic E-state index is 4.65. The first kappa shape index (κ1) is 10.3. The van der Waals surface area contributed by atoms with Gasteiger partial charge in [-0.3, -0.25) is 4.90 Å². The number of rotatable bonds is 3. The Morgan fingerprint density at radius 1 is 1.62 bits per heavy atom. The summed E-state index contributed by atoms with van der Waals surface area (Å²) in [5.41, 5.74) is 1.25. The summed E-state index contributed by atoms with van der Waals surface area (Å²) < 4.78 is 0. The van der Waals surface area contributed by atoms with E-state index in [1.807, 2.05) is 0 Å². The summed E-state index contributed by atoms with van der Waals surface area (Å²) in [6.45, 7) is 6.58. The topological polar surface area (TPSA) is 24.8 Å². The van der Waals surface area contributed by atoms with E-state index in [2.05, 4.69) is 34.8 Å². The number of hydrogen-bond donors (Lipinski definition) is 0. The molecule has 0 aromatic rings. The van der Waals surface area contributed by atoms with Gasteiger partial charge in [0.2, 0.25) is 0 Å². The van der Waals surface area contributed by atoms with Crippen molar-refractivity contribution in [2.24, 2.45) is 5.16 Å². The monoisotopic (exact) mass is 182 g/mol. The van der Waals surface area contributed by atoms with Crippen LogP contribution in [0.4, 0.5) is 0 Å². The lowest BCUT2D eigenvalue weighted by Gasteiger charge is -2.29. The van der Waals surface area contributed by atoms with Gasteiger partial charge in [0.15, 0.2) is 0 Å². The van der Waals surface area contributed by atoms with Gasteiger partial charge in [0.1, 0.15) is 7.11 Å². The highest BCUT2D eigenvalue weighted by Crippen LogP contribution is 2.10. The highest BCUT2D eigenvalue weighted by atomic mass is 16.6. The quantitative estimate of drug-likeness (QED) is 0.490. The van der Waals surface area contributed by atoms with Gasteiger partial charge in [0.05, 0.1) is 6.21 Å². The normalized spacial score (nSPS) is 19.5. The molecule has 0 aliphatic carbocycles. The summed E-state index contributed by atoms with van der Waals surface area (Å²) >= 11 is 0. The van der Waals surface area contributed by atoms with Crippen molar-refractivity contribution >= 4 is 6.21 Å². The number of nitrogens with zero attached hydrogens (tertiary/aromatic N) is 2. The number of hydrogen-bond acceptors (Lipinski definition) is 3. The van der Waals surface area contributed by atoms with Crippen LogP contribution in [0.3, 0.4) is 0 Å². The van der Waals surface area contributed by atoms with Gasteiger partial charge < -0.3 is 4.84 Å². The van der Waals surface area contributed by atoms with E-state index in [0.717, 1.165) is 19.5 Å². The second kappa shape index (κ2) is 5.02. The minimum absolute atomic E-state index is 0.611. The van der Waals surface area contributed by atoms with E-state index in [0.29, 0.717) is 6.04 Å². The largest absolute Gasteiger partial charge is 0.399 e. The van der Waals surface area contributed by atoms with Crippen molar-refractivity contribution in [3.05, 3.63) is 11.6 Å². The maximum Gasteiger partial charge on any atom is 0.106 e. The molecule has 0 aromatic heterocycles. The summed E-state index contributed by atoms with van der Waals surface area (Å²) in [5, 5.41) is 3.77. The van der Waals surface area contributed by atoms with Crippen LogP contribution in [0.5, 0.6) is 0 Å². The summed E-state index contributed by atoms with van der Waals surface area (Å²) in [6, 6.07) is 0.611. The van der Waals surface area contributed by atoms with E-state index < -0.39 is 0 Å². The Hall–Kier alpha value is -0.830. The molecule has 0 amide bonds. The predicted octanol–water partition coefficient (Wildman–Crippen LogP) is 1.66. The fourth-order valence-corrected chi connectivity index (χ4v) is 1.45. The van der Waals surface area contributed by atoms with Gasteiger partial charge in [-0.2, -0.15) is 0 Å². The molecular formula is C10H18N2O. The van der Waals surface area contributed by atoms with Crippen molar-refractivity contribution in [2.75, 3.05) is 20.2 Å². The Bertz CT molecular complexity index is 209. The van der Waals surface area contributed by atoms with Crippen LogP contribution in [0, 0.1) is 0 Å². The van der Waals surface area contributed by atoms with Crippen LogP contribution in [0.1, 0.15) is 20.3 Å². The average molecular weight is 182 g/mol. The Morgan fingerprint density at radius 3 is 3.00 bits per heavy atom. The SMILES string of the molecule is CO/N=C/C1=CCCN(C(C)C)C1. The molecule has 0 atom stereocenters. The molecule has 3 heteroatoms. The Labute approximate surface area is 80.1 Å². The highest BCUT2D eigenvalue weighted by Gasteiger charge is 2.13. The third-order valence-electron chi connectivity index (χ3n) is 2.26.